The Bertz CT molecular complexity index is 1800. The summed E-state index contributed by atoms with van der Waals surface area (Å²) in [7, 11) is 0. The van der Waals surface area contributed by atoms with Crippen LogP contribution in [0.4, 0.5) is 15.5 Å². The van der Waals surface area contributed by atoms with E-state index in [4.69, 9.17) is 34.2 Å². The summed E-state index contributed by atoms with van der Waals surface area (Å²) in [5.41, 5.74) is 5.69. The first-order valence-electron chi connectivity index (χ1n) is 22.1. The van der Waals surface area contributed by atoms with Gasteiger partial charge in [0.15, 0.2) is 23.5 Å². The highest BCUT2D eigenvalue weighted by molar-refractivity contribution is 5.81. The summed E-state index contributed by atoms with van der Waals surface area (Å²) < 4.78 is 33.9. The smallest absolute Gasteiger partial charge is 0.462 e. The number of aliphatic hydroxyl groups is 1. The van der Waals surface area contributed by atoms with Gasteiger partial charge in [-0.2, -0.15) is 4.98 Å². The Morgan fingerprint density at radius 1 is 0.823 bits per heavy atom. The third kappa shape index (κ3) is 19.6. The number of unbranched alkanes of at least 4 members (excludes halogenated alkanes) is 14. The molecule has 346 valence electrons. The maximum absolute atomic E-state index is 13.4. The maximum Gasteiger partial charge on any atom is 0.508 e. The lowest BCUT2D eigenvalue weighted by atomic mass is 10.0. The molecule has 3 rings (SSSR count). The lowest BCUT2D eigenvalue weighted by molar-refractivity contribution is -0.160. The molecule has 0 spiro atoms. The number of alkyl carbamates (subject to hydrolysis) is 1. The van der Waals surface area contributed by atoms with E-state index < -0.39 is 67.3 Å². The van der Waals surface area contributed by atoms with Gasteiger partial charge in [0.1, 0.15) is 32.5 Å². The van der Waals surface area contributed by atoms with Crippen LogP contribution < -0.4 is 16.6 Å². The number of esters is 2. The Morgan fingerprint density at radius 3 is 2.05 bits per heavy atom. The number of amides is 1. The van der Waals surface area contributed by atoms with Gasteiger partial charge in [0.25, 0.3) is 5.56 Å². The molecule has 0 saturated carbocycles. The van der Waals surface area contributed by atoms with Crippen molar-refractivity contribution in [2.24, 2.45) is 5.92 Å². The van der Waals surface area contributed by atoms with Crippen LogP contribution in [-0.2, 0) is 44.6 Å². The van der Waals surface area contributed by atoms with Crippen molar-refractivity contribution < 1.29 is 52.7 Å². The highest BCUT2D eigenvalue weighted by atomic mass is 16.7. The Morgan fingerprint density at radius 2 is 1.44 bits per heavy atom. The number of benzene rings is 1. The summed E-state index contributed by atoms with van der Waals surface area (Å²) in [6.07, 6.45) is 14.7. The number of imidazole rings is 1. The summed E-state index contributed by atoms with van der Waals surface area (Å²) in [6.45, 7) is 3.57. The number of fused-ring (bicyclic) bond motifs is 1. The Balaban J connectivity index is 1.51. The molecule has 0 aliphatic carbocycles. The topological polar surface area (TPSA) is 246 Å². The molecule has 18 nitrogen and oxygen atoms in total. The van der Waals surface area contributed by atoms with Crippen LogP contribution in [0.3, 0.4) is 0 Å². The second-order valence-corrected chi connectivity index (χ2v) is 15.5. The number of hydrogen-bond acceptors (Lipinski definition) is 15. The zero-order valence-electron chi connectivity index (χ0n) is 36.7. The fourth-order valence-corrected chi connectivity index (χ4v) is 6.64. The molecular weight excluding hydrogens is 805 g/mol. The zero-order valence-corrected chi connectivity index (χ0v) is 36.7. The normalized spacial score (nSPS) is 12.7. The van der Waals surface area contributed by atoms with E-state index in [1.165, 1.54) is 81.5 Å². The van der Waals surface area contributed by atoms with Gasteiger partial charge in [-0.05, 0) is 17.9 Å². The van der Waals surface area contributed by atoms with Crippen LogP contribution in [0.15, 0.2) is 41.5 Å². The minimum Gasteiger partial charge on any atom is -0.462 e. The lowest BCUT2D eigenvalue weighted by Crippen LogP contribution is -2.46. The van der Waals surface area contributed by atoms with Gasteiger partial charge >= 0.3 is 24.2 Å². The van der Waals surface area contributed by atoms with Gasteiger partial charge in [-0.1, -0.05) is 141 Å². The fourth-order valence-electron chi connectivity index (χ4n) is 6.64. The third-order valence-corrected chi connectivity index (χ3v) is 10.0. The number of nitrogen functional groups attached to an aromatic ring is 1. The fraction of sp³-hybridized carbons (Fsp3) is 0.659. The van der Waals surface area contributed by atoms with Gasteiger partial charge in [-0.25, -0.2) is 19.4 Å². The zero-order chi connectivity index (χ0) is 45.0. The number of aliphatic hydroxyl groups excluding tert-OH is 1. The standard InChI is InChI=1S/C44H68N6O12/c1-4-5-6-7-8-9-10-11-12-13-14-15-16-17-21-24-35(52)57-27-28-59-44(56)62-34(40(58-26-25-51)50-31-46-37-38(50)48-42(45)49-39(37)53)30-60-41(54)36(32(2)3)47-43(55)61-29-33-22-19-18-20-23-33/h18-20,22-23,31-32,34,36,40,51H,4-17,21,24-30H2,1-3H3,(H,47,55)(H3,45,48,49,53)/t34?,36-,40?/m0/s1. The highest BCUT2D eigenvalue weighted by Crippen LogP contribution is 2.23. The molecule has 1 aromatic carbocycles. The van der Waals surface area contributed by atoms with Gasteiger partial charge in [0.2, 0.25) is 5.95 Å². The molecule has 2 unspecified atom stereocenters. The molecule has 0 fully saturated rings. The second kappa shape index (κ2) is 29.9. The molecule has 5 N–H and O–H groups in total. The summed E-state index contributed by atoms with van der Waals surface area (Å²) in [4.78, 5) is 74.6. The maximum atomic E-state index is 13.4. The number of nitrogens with zero attached hydrogens (tertiary/aromatic N) is 3. The summed E-state index contributed by atoms with van der Waals surface area (Å²) in [5, 5.41) is 12.1. The average Bonchev–Trinajstić information content (AvgIpc) is 3.68. The van der Waals surface area contributed by atoms with Crippen LogP contribution in [0, 0.1) is 5.92 Å². The van der Waals surface area contributed by atoms with Gasteiger partial charge < -0.3 is 44.6 Å². The summed E-state index contributed by atoms with van der Waals surface area (Å²) in [5.74, 6) is -2.01. The molecule has 0 saturated heterocycles. The SMILES string of the molecule is CCCCCCCCCCCCCCCCCC(=O)OCCOC(=O)OC(COC(=O)[C@@H](NC(=O)OCc1ccccc1)C(C)C)C(OCCO)n1cnc2c(=O)[nH]c(N)nc21. The minimum atomic E-state index is -1.51. The van der Waals surface area contributed by atoms with Gasteiger partial charge in [0, 0.05) is 6.42 Å². The number of H-pyrrole nitrogens is 1. The number of aromatic amines is 1. The van der Waals surface area contributed by atoms with Gasteiger partial charge in [0.05, 0.1) is 19.5 Å². The van der Waals surface area contributed by atoms with Crippen LogP contribution in [0.5, 0.6) is 0 Å². The predicted molar refractivity (Wildman–Crippen MR) is 231 cm³/mol. The Labute approximate surface area is 363 Å². The van der Waals surface area contributed by atoms with Gasteiger partial charge in [-0.3, -0.25) is 19.1 Å². The molecule has 0 bridgehead atoms. The summed E-state index contributed by atoms with van der Waals surface area (Å²) >= 11 is 0. The first-order valence-corrected chi connectivity index (χ1v) is 22.1. The van der Waals surface area contributed by atoms with Gasteiger partial charge in [-0.15, -0.1) is 0 Å². The van der Waals surface area contributed by atoms with Crippen molar-refractivity contribution in [3.05, 3.63) is 52.6 Å². The average molecular weight is 873 g/mol. The van der Waals surface area contributed by atoms with Crippen molar-refractivity contribution in [3.63, 3.8) is 0 Å². The number of nitrogens with two attached hydrogens (primary N) is 1. The molecule has 62 heavy (non-hydrogen) atoms. The quantitative estimate of drug-likeness (QED) is 0.0279. The van der Waals surface area contributed by atoms with E-state index in [-0.39, 0.29) is 50.0 Å². The summed E-state index contributed by atoms with van der Waals surface area (Å²) in [6, 6.07) is 7.79. The molecule has 0 aliphatic heterocycles. The number of nitrogens with one attached hydrogen (secondary N) is 2. The minimum absolute atomic E-state index is 0.0343. The van der Waals surface area contributed by atoms with E-state index in [0.717, 1.165) is 24.8 Å². The molecule has 2 heterocycles. The van der Waals surface area contributed by atoms with E-state index in [2.05, 4.69) is 27.2 Å². The second-order valence-electron chi connectivity index (χ2n) is 15.5. The van der Waals surface area contributed by atoms with E-state index in [0.29, 0.717) is 6.42 Å². The Kier molecular flexibility index (Phi) is 24.7. The molecular formula is C44H68N6O12. The van der Waals surface area contributed by atoms with Crippen molar-refractivity contribution in [2.45, 2.75) is 148 Å². The first-order chi connectivity index (χ1) is 30.0. The van der Waals surface area contributed by atoms with Crippen molar-refractivity contribution >= 4 is 41.3 Å². The van der Waals surface area contributed by atoms with E-state index in [1.807, 2.05) is 6.07 Å². The van der Waals surface area contributed by atoms with Crippen LogP contribution in [-0.4, -0.2) is 94.0 Å². The van der Waals surface area contributed by atoms with E-state index in [9.17, 15) is 29.1 Å². The third-order valence-electron chi connectivity index (χ3n) is 10.0. The van der Waals surface area contributed by atoms with Crippen LogP contribution in [0.25, 0.3) is 11.2 Å². The molecule has 3 atom stereocenters. The number of ether oxygens (including phenoxy) is 6. The largest absolute Gasteiger partial charge is 0.508 e. The molecule has 2 aromatic heterocycles. The molecule has 3 aromatic rings. The van der Waals surface area contributed by atoms with Crippen LogP contribution >= 0.6 is 0 Å². The molecule has 1 amide bonds. The molecule has 18 heteroatoms. The van der Waals surface area contributed by atoms with Crippen molar-refractivity contribution in [3.8, 4) is 0 Å². The first kappa shape index (κ1) is 51.1. The predicted octanol–water partition coefficient (Wildman–Crippen LogP) is 7.03. The number of carbonyl (C=O) groups excluding carboxylic acids is 4. The van der Waals surface area contributed by atoms with Crippen molar-refractivity contribution in [1.29, 1.82) is 0 Å². The number of carbonyl (C=O) groups is 4. The Hall–Kier alpha value is -5.23. The van der Waals surface area contributed by atoms with Crippen molar-refractivity contribution in [1.82, 2.24) is 24.8 Å². The number of aromatic nitrogens is 4. The van der Waals surface area contributed by atoms with Crippen LogP contribution in [0.1, 0.15) is 135 Å². The highest BCUT2D eigenvalue weighted by Gasteiger charge is 2.34. The number of rotatable bonds is 32. The van der Waals surface area contributed by atoms with Crippen molar-refractivity contribution in [2.75, 3.05) is 38.8 Å². The molecule has 0 aliphatic rings. The number of hydrogen-bond donors (Lipinski definition) is 4. The lowest BCUT2D eigenvalue weighted by Gasteiger charge is -2.28. The van der Waals surface area contributed by atoms with Crippen LogP contribution in [0.2, 0.25) is 0 Å². The molecule has 0 radical (unpaired) electrons. The van der Waals surface area contributed by atoms with E-state index >= 15 is 0 Å². The monoisotopic (exact) mass is 872 g/mol. The van der Waals surface area contributed by atoms with E-state index in [1.54, 1.807) is 38.1 Å². The number of anilines is 1.